The first-order chi connectivity index (χ1) is 13.3. The summed E-state index contributed by atoms with van der Waals surface area (Å²) in [7, 11) is 2.01. The lowest BCUT2D eigenvalue weighted by Gasteiger charge is -2.29. The molecule has 0 unspecified atom stereocenters. The van der Waals surface area contributed by atoms with E-state index in [1.807, 2.05) is 17.8 Å². The first kappa shape index (κ1) is 18.7. The van der Waals surface area contributed by atoms with Crippen LogP contribution in [0, 0.1) is 19.3 Å². The topological polar surface area (TPSA) is 56.7 Å². The lowest BCUT2D eigenvalue weighted by Crippen LogP contribution is -2.23. The Labute approximate surface area is 166 Å². The third-order valence-electron chi connectivity index (χ3n) is 5.90. The molecular weight excluding hydrogens is 348 g/mol. The van der Waals surface area contributed by atoms with Gasteiger partial charge in [-0.05, 0) is 73.8 Å². The molecular formula is C23H28N4O. The third-order valence-corrected chi connectivity index (χ3v) is 5.90. The van der Waals surface area contributed by atoms with E-state index in [9.17, 15) is 0 Å². The van der Waals surface area contributed by atoms with Gasteiger partial charge in [0.15, 0.2) is 5.69 Å². The van der Waals surface area contributed by atoms with Gasteiger partial charge in [-0.2, -0.15) is 10.1 Å². The maximum Gasteiger partial charge on any atom is 0.279 e. The number of hydrogen-bond acceptors (Lipinski definition) is 4. The molecule has 1 aliphatic rings. The minimum absolute atomic E-state index is 0.306. The van der Waals surface area contributed by atoms with E-state index in [0.29, 0.717) is 17.1 Å². The van der Waals surface area contributed by atoms with Crippen LogP contribution >= 0.6 is 0 Å². The second-order valence-electron chi connectivity index (χ2n) is 8.74. The fraction of sp³-hybridized carbons (Fsp3) is 0.435. The van der Waals surface area contributed by atoms with Gasteiger partial charge in [0.25, 0.3) is 5.89 Å². The van der Waals surface area contributed by atoms with Crippen molar-refractivity contribution in [2.24, 2.45) is 12.5 Å². The Bertz CT molecular complexity index is 1030. The Hall–Kier alpha value is -2.69. The van der Waals surface area contributed by atoms with Gasteiger partial charge in [-0.25, -0.2) is 0 Å². The summed E-state index contributed by atoms with van der Waals surface area (Å²) in [5.74, 6) is 1.12. The predicted molar refractivity (Wildman–Crippen MR) is 111 cm³/mol. The molecule has 1 aliphatic carbocycles. The van der Waals surface area contributed by atoms with Crippen LogP contribution in [0.5, 0.6) is 0 Å². The summed E-state index contributed by atoms with van der Waals surface area (Å²) >= 11 is 0. The number of aromatic nitrogens is 4. The van der Waals surface area contributed by atoms with Crippen LogP contribution in [-0.4, -0.2) is 19.9 Å². The number of fused-ring (bicyclic) bond motifs is 1. The molecule has 0 amide bonds. The van der Waals surface area contributed by atoms with Gasteiger partial charge >= 0.3 is 0 Å². The van der Waals surface area contributed by atoms with Crippen LogP contribution in [0.1, 0.15) is 48.2 Å². The molecule has 5 nitrogen and oxygen atoms in total. The van der Waals surface area contributed by atoms with Crippen molar-refractivity contribution in [2.75, 3.05) is 0 Å². The molecule has 0 atom stereocenters. The van der Waals surface area contributed by atoms with Gasteiger partial charge < -0.3 is 4.52 Å². The first-order valence-electron chi connectivity index (χ1n) is 9.89. The molecule has 1 aromatic carbocycles. The molecule has 0 saturated heterocycles. The van der Waals surface area contributed by atoms with Crippen LogP contribution in [0.15, 0.2) is 29.3 Å². The summed E-state index contributed by atoms with van der Waals surface area (Å²) in [6.45, 7) is 12.7. The van der Waals surface area contributed by atoms with Crippen LogP contribution in [0.25, 0.3) is 23.0 Å². The summed E-state index contributed by atoms with van der Waals surface area (Å²) in [6, 6.07) is 4.24. The highest BCUT2D eigenvalue weighted by molar-refractivity contribution is 5.63. The smallest absolute Gasteiger partial charge is 0.279 e. The van der Waals surface area contributed by atoms with E-state index < -0.39 is 0 Å². The van der Waals surface area contributed by atoms with E-state index in [0.717, 1.165) is 36.9 Å². The number of nitrogens with zero attached hydrogens (tertiary/aromatic N) is 4. The quantitative estimate of drug-likeness (QED) is 0.602. The van der Waals surface area contributed by atoms with E-state index in [-0.39, 0.29) is 0 Å². The molecule has 28 heavy (non-hydrogen) atoms. The predicted octanol–water partition coefficient (Wildman–Crippen LogP) is 5.00. The zero-order valence-electron chi connectivity index (χ0n) is 17.5. The van der Waals surface area contributed by atoms with Crippen molar-refractivity contribution in [3.63, 3.8) is 0 Å². The van der Waals surface area contributed by atoms with Gasteiger partial charge in [0.05, 0.1) is 0 Å². The number of rotatable bonds is 4. The minimum Gasteiger partial charge on any atom is -0.332 e. The van der Waals surface area contributed by atoms with Gasteiger partial charge in [-0.1, -0.05) is 25.1 Å². The monoisotopic (exact) mass is 376 g/mol. The zero-order chi connectivity index (χ0) is 20.1. The summed E-state index contributed by atoms with van der Waals surface area (Å²) in [5.41, 5.74) is 8.41. The Morgan fingerprint density at radius 3 is 2.64 bits per heavy atom. The van der Waals surface area contributed by atoms with Gasteiger partial charge in [0.1, 0.15) is 0 Å². The second kappa shape index (κ2) is 6.73. The molecule has 0 spiro atoms. The molecule has 4 rings (SSSR count). The van der Waals surface area contributed by atoms with Crippen LogP contribution in [0.4, 0.5) is 0 Å². The fourth-order valence-corrected chi connectivity index (χ4v) is 4.29. The highest BCUT2D eigenvalue weighted by Crippen LogP contribution is 2.38. The minimum atomic E-state index is 0.306. The molecule has 2 heterocycles. The Balaban J connectivity index is 1.71. The summed E-state index contributed by atoms with van der Waals surface area (Å²) in [4.78, 5) is 4.69. The third kappa shape index (κ3) is 3.19. The SMILES string of the molecule is C=CCc1c(C)cc(-c2noc(-c3nn(C)c4c3CCC(C)(C)C4)n2)cc1C. The molecule has 5 heteroatoms. The van der Waals surface area contributed by atoms with E-state index >= 15 is 0 Å². The summed E-state index contributed by atoms with van der Waals surface area (Å²) < 4.78 is 7.62. The molecule has 0 saturated carbocycles. The van der Waals surface area contributed by atoms with Gasteiger partial charge in [-0.15, -0.1) is 6.58 Å². The average Bonchev–Trinajstić information content (AvgIpc) is 3.22. The second-order valence-corrected chi connectivity index (χ2v) is 8.74. The van der Waals surface area contributed by atoms with Crippen molar-refractivity contribution in [3.05, 3.63) is 52.7 Å². The maximum atomic E-state index is 5.64. The molecule has 146 valence electrons. The molecule has 2 aromatic heterocycles. The standard InChI is InChI=1S/C23H28N4O/c1-7-8-17-14(2)11-16(12-15(17)3)21-24-22(28-26-21)20-18-9-10-23(4,5)13-19(18)27(6)25-20/h7,11-12H,1,8-10,13H2,2-6H3. The number of benzene rings is 1. The van der Waals surface area contributed by atoms with Crippen LogP contribution in [0.2, 0.25) is 0 Å². The first-order valence-corrected chi connectivity index (χ1v) is 9.89. The molecule has 0 radical (unpaired) electrons. The number of hydrogen-bond donors (Lipinski definition) is 0. The number of allylic oxidation sites excluding steroid dienone is 1. The van der Waals surface area contributed by atoms with E-state index in [2.05, 4.69) is 51.6 Å². The van der Waals surface area contributed by atoms with Crippen molar-refractivity contribution < 1.29 is 4.52 Å². The van der Waals surface area contributed by atoms with Gasteiger partial charge in [0, 0.05) is 23.9 Å². The van der Waals surface area contributed by atoms with E-state index in [1.165, 1.54) is 27.9 Å². The summed E-state index contributed by atoms with van der Waals surface area (Å²) in [5, 5.41) is 8.97. The molecule has 0 bridgehead atoms. The average molecular weight is 377 g/mol. The van der Waals surface area contributed by atoms with Gasteiger partial charge in [0.2, 0.25) is 5.82 Å². The van der Waals surface area contributed by atoms with Gasteiger partial charge in [-0.3, -0.25) is 4.68 Å². The van der Waals surface area contributed by atoms with Crippen molar-refractivity contribution in [3.8, 4) is 23.0 Å². The van der Waals surface area contributed by atoms with Crippen molar-refractivity contribution in [1.82, 2.24) is 19.9 Å². The summed E-state index contributed by atoms with van der Waals surface area (Å²) in [6.07, 6.45) is 5.97. The molecule has 0 N–H and O–H groups in total. The fourth-order valence-electron chi connectivity index (χ4n) is 4.29. The molecule has 0 fully saturated rings. The zero-order valence-corrected chi connectivity index (χ0v) is 17.5. The highest BCUT2D eigenvalue weighted by atomic mass is 16.5. The lowest BCUT2D eigenvalue weighted by atomic mass is 9.76. The molecule has 3 aromatic rings. The van der Waals surface area contributed by atoms with Crippen LogP contribution in [-0.2, 0) is 26.3 Å². The van der Waals surface area contributed by atoms with Crippen molar-refractivity contribution in [2.45, 2.75) is 53.4 Å². The van der Waals surface area contributed by atoms with E-state index in [1.54, 1.807) is 0 Å². The maximum absolute atomic E-state index is 5.64. The largest absolute Gasteiger partial charge is 0.332 e. The Morgan fingerprint density at radius 1 is 1.25 bits per heavy atom. The van der Waals surface area contributed by atoms with Crippen molar-refractivity contribution in [1.29, 1.82) is 0 Å². The highest BCUT2D eigenvalue weighted by Gasteiger charge is 2.32. The molecule has 0 aliphatic heterocycles. The van der Waals surface area contributed by atoms with Crippen LogP contribution in [0.3, 0.4) is 0 Å². The van der Waals surface area contributed by atoms with E-state index in [4.69, 9.17) is 14.6 Å². The van der Waals surface area contributed by atoms with Crippen molar-refractivity contribution >= 4 is 0 Å². The Morgan fingerprint density at radius 2 is 1.96 bits per heavy atom. The van der Waals surface area contributed by atoms with Crippen LogP contribution < -0.4 is 0 Å². The normalized spacial score (nSPS) is 15.5. The Kier molecular flexibility index (Phi) is 4.48. The lowest BCUT2D eigenvalue weighted by molar-refractivity contribution is 0.306. The number of aryl methyl sites for hydroxylation is 3.